The van der Waals surface area contributed by atoms with E-state index in [0.717, 1.165) is 12.0 Å². The summed E-state index contributed by atoms with van der Waals surface area (Å²) in [4.78, 5) is 41.6. The minimum absolute atomic E-state index is 0.0153. The second kappa shape index (κ2) is 9.79. The Morgan fingerprint density at radius 1 is 1.30 bits per heavy atom. The van der Waals surface area contributed by atoms with Crippen LogP contribution in [0.3, 0.4) is 0 Å². The molecule has 1 spiro atoms. The molecule has 1 aromatic carbocycles. The summed E-state index contributed by atoms with van der Waals surface area (Å²) in [5, 5.41) is 3.52. The van der Waals surface area contributed by atoms with Crippen molar-refractivity contribution >= 4 is 29.3 Å². The van der Waals surface area contributed by atoms with Gasteiger partial charge in [-0.25, -0.2) is 0 Å². The van der Waals surface area contributed by atoms with E-state index in [1.165, 1.54) is 0 Å². The number of halogens is 1. The van der Waals surface area contributed by atoms with Crippen molar-refractivity contribution in [1.29, 1.82) is 0 Å². The lowest BCUT2D eigenvalue weighted by Crippen LogP contribution is -2.46. The first kappa shape index (κ1) is 22.6. The van der Waals surface area contributed by atoms with Gasteiger partial charge in [-0.15, -0.1) is 0 Å². The molecule has 0 saturated carbocycles. The number of likely N-dealkylation sites (tertiary alicyclic amines) is 2. The van der Waals surface area contributed by atoms with Gasteiger partial charge in [0.1, 0.15) is 6.04 Å². The number of methoxy groups -OCH3 is 1. The normalized spacial score (nSPS) is 20.6. The molecule has 0 aliphatic carbocycles. The highest BCUT2D eigenvalue weighted by Gasteiger charge is 2.53. The van der Waals surface area contributed by atoms with Crippen molar-refractivity contribution in [2.24, 2.45) is 5.41 Å². The van der Waals surface area contributed by atoms with Crippen LogP contribution in [0.4, 0.5) is 0 Å². The molecule has 1 aromatic rings. The molecule has 2 heterocycles. The number of likely N-dealkylation sites (N-methyl/N-ethyl adjacent to an activating group) is 1. The molecule has 0 radical (unpaired) electrons. The van der Waals surface area contributed by atoms with Crippen molar-refractivity contribution in [2.75, 3.05) is 40.4 Å². The molecule has 0 bridgehead atoms. The molecule has 0 aromatic heterocycles. The van der Waals surface area contributed by atoms with E-state index in [1.807, 2.05) is 17.0 Å². The minimum Gasteiger partial charge on any atom is -0.385 e. The fourth-order valence-corrected chi connectivity index (χ4v) is 4.67. The van der Waals surface area contributed by atoms with Crippen LogP contribution < -0.4 is 5.32 Å². The van der Waals surface area contributed by atoms with Gasteiger partial charge < -0.3 is 19.9 Å². The van der Waals surface area contributed by atoms with Gasteiger partial charge in [0.05, 0.1) is 11.8 Å². The third kappa shape index (κ3) is 4.95. The summed E-state index contributed by atoms with van der Waals surface area (Å²) in [7, 11) is 3.33. The fourth-order valence-electron chi connectivity index (χ4n) is 4.46. The van der Waals surface area contributed by atoms with Gasteiger partial charge in [-0.2, -0.15) is 0 Å². The van der Waals surface area contributed by atoms with Gasteiger partial charge in [-0.1, -0.05) is 23.7 Å². The number of hydrogen-bond acceptors (Lipinski definition) is 4. The van der Waals surface area contributed by atoms with Gasteiger partial charge in [-0.3, -0.25) is 14.4 Å². The first-order valence-electron chi connectivity index (χ1n) is 10.4. The molecule has 3 rings (SSSR count). The van der Waals surface area contributed by atoms with Gasteiger partial charge in [0.2, 0.25) is 17.7 Å². The fraction of sp³-hybridized carbons (Fsp3) is 0.591. The Balaban J connectivity index is 1.55. The number of nitrogens with zero attached hydrogens (tertiary/aromatic N) is 2. The van der Waals surface area contributed by atoms with E-state index in [4.69, 9.17) is 16.3 Å². The molecule has 164 valence electrons. The van der Waals surface area contributed by atoms with Crippen LogP contribution in [0.2, 0.25) is 5.02 Å². The summed E-state index contributed by atoms with van der Waals surface area (Å²) in [5.74, 6) is -0.0573. The summed E-state index contributed by atoms with van der Waals surface area (Å²) in [5.41, 5.74) is 0.338. The van der Waals surface area contributed by atoms with Gasteiger partial charge >= 0.3 is 0 Å². The zero-order valence-electron chi connectivity index (χ0n) is 17.7. The van der Waals surface area contributed by atoms with Gasteiger partial charge in [0.25, 0.3) is 0 Å². The predicted octanol–water partition coefficient (Wildman–Crippen LogP) is 1.87. The van der Waals surface area contributed by atoms with Gasteiger partial charge in [0.15, 0.2) is 0 Å². The third-order valence-corrected chi connectivity index (χ3v) is 6.51. The largest absolute Gasteiger partial charge is 0.385 e. The number of piperidine rings is 1. The Bertz CT molecular complexity index is 792. The maximum absolute atomic E-state index is 13.0. The molecule has 2 fully saturated rings. The molecular formula is C22H30ClN3O4. The highest BCUT2D eigenvalue weighted by molar-refractivity contribution is 6.30. The average molecular weight is 436 g/mol. The van der Waals surface area contributed by atoms with Gasteiger partial charge in [0, 0.05) is 45.4 Å². The van der Waals surface area contributed by atoms with E-state index in [1.54, 1.807) is 31.2 Å². The zero-order valence-corrected chi connectivity index (χ0v) is 18.4. The van der Waals surface area contributed by atoms with E-state index < -0.39 is 11.5 Å². The Morgan fingerprint density at radius 3 is 2.70 bits per heavy atom. The van der Waals surface area contributed by atoms with E-state index in [9.17, 15) is 14.4 Å². The maximum atomic E-state index is 13.0. The minimum atomic E-state index is -0.546. The summed E-state index contributed by atoms with van der Waals surface area (Å²) >= 11 is 6.01. The maximum Gasteiger partial charge on any atom is 0.242 e. The second-order valence-corrected chi connectivity index (χ2v) is 8.68. The number of amides is 3. The lowest BCUT2D eigenvalue weighted by Gasteiger charge is -2.37. The quantitative estimate of drug-likeness (QED) is 0.663. The third-order valence-electron chi connectivity index (χ3n) is 6.27. The number of nitrogens with one attached hydrogen (secondary N) is 1. The van der Waals surface area contributed by atoms with Crippen LogP contribution in [0.15, 0.2) is 24.3 Å². The summed E-state index contributed by atoms with van der Waals surface area (Å²) in [6.07, 6.45) is 2.72. The second-order valence-electron chi connectivity index (χ2n) is 8.24. The van der Waals surface area contributed by atoms with Crippen LogP contribution >= 0.6 is 11.6 Å². The summed E-state index contributed by atoms with van der Waals surface area (Å²) in [6.45, 7) is 2.18. The Kier molecular flexibility index (Phi) is 7.36. The van der Waals surface area contributed by atoms with Crippen molar-refractivity contribution in [3.63, 3.8) is 0 Å². The number of benzene rings is 1. The summed E-state index contributed by atoms with van der Waals surface area (Å²) < 4.78 is 5.00. The lowest BCUT2D eigenvalue weighted by atomic mass is 9.76. The number of carbonyl (C=O) groups excluding carboxylic acids is 3. The monoisotopic (exact) mass is 435 g/mol. The Morgan fingerprint density at radius 2 is 2.03 bits per heavy atom. The smallest absolute Gasteiger partial charge is 0.242 e. The van der Waals surface area contributed by atoms with Crippen molar-refractivity contribution in [1.82, 2.24) is 15.1 Å². The number of carbonyl (C=O) groups is 3. The van der Waals surface area contributed by atoms with Crippen LogP contribution in [-0.4, -0.2) is 74.0 Å². The molecule has 2 aliphatic heterocycles. The molecule has 7 nitrogen and oxygen atoms in total. The van der Waals surface area contributed by atoms with E-state index in [-0.39, 0.29) is 17.7 Å². The molecule has 2 saturated heterocycles. The number of ether oxygens (including phenoxy) is 1. The van der Waals surface area contributed by atoms with E-state index in [2.05, 4.69) is 5.32 Å². The zero-order chi connectivity index (χ0) is 21.7. The van der Waals surface area contributed by atoms with Crippen LogP contribution in [0.5, 0.6) is 0 Å². The number of hydrogen-bond donors (Lipinski definition) is 1. The molecule has 30 heavy (non-hydrogen) atoms. The van der Waals surface area contributed by atoms with Crippen LogP contribution in [0.25, 0.3) is 0 Å². The topological polar surface area (TPSA) is 79.0 Å². The average Bonchev–Trinajstić information content (AvgIpc) is 2.97. The molecule has 1 unspecified atom stereocenters. The van der Waals surface area contributed by atoms with E-state index in [0.29, 0.717) is 56.9 Å². The van der Waals surface area contributed by atoms with Crippen molar-refractivity contribution in [2.45, 2.75) is 38.1 Å². The highest BCUT2D eigenvalue weighted by atomic mass is 35.5. The molecule has 3 amide bonds. The van der Waals surface area contributed by atoms with Gasteiger partial charge in [-0.05, 0) is 43.4 Å². The van der Waals surface area contributed by atoms with Crippen molar-refractivity contribution in [3.8, 4) is 0 Å². The summed E-state index contributed by atoms with van der Waals surface area (Å²) in [6, 6.07) is 6.86. The molecule has 1 N–H and O–H groups in total. The van der Waals surface area contributed by atoms with Crippen LogP contribution in [0, 0.1) is 5.41 Å². The standard InChI is InChI=1S/C22H30ClN3O4/c1-25-18(20(28)24-9-4-12-30-2)15-22(21(25)29)7-10-26(11-8-22)19(27)14-16-5-3-6-17(23)13-16/h3,5-6,13,18H,4,7-12,14-15H2,1-2H3,(H,24,28). The highest BCUT2D eigenvalue weighted by Crippen LogP contribution is 2.44. The Hall–Kier alpha value is -2.12. The number of rotatable bonds is 7. The molecule has 8 heteroatoms. The van der Waals surface area contributed by atoms with Crippen LogP contribution in [0.1, 0.15) is 31.2 Å². The molecule has 1 atom stereocenters. The SMILES string of the molecule is COCCCNC(=O)C1CC2(CCN(C(=O)Cc3cccc(Cl)c3)CC2)C(=O)N1C. The lowest BCUT2D eigenvalue weighted by molar-refractivity contribution is -0.142. The first-order chi connectivity index (χ1) is 14.4. The Labute approximate surface area is 182 Å². The molecule has 2 aliphatic rings. The first-order valence-corrected chi connectivity index (χ1v) is 10.8. The van der Waals surface area contributed by atoms with Crippen LogP contribution in [-0.2, 0) is 25.5 Å². The molecular weight excluding hydrogens is 406 g/mol. The van der Waals surface area contributed by atoms with E-state index >= 15 is 0 Å². The van der Waals surface area contributed by atoms with Crippen molar-refractivity contribution < 1.29 is 19.1 Å². The predicted molar refractivity (Wildman–Crippen MR) is 114 cm³/mol. The van der Waals surface area contributed by atoms with Crippen molar-refractivity contribution in [3.05, 3.63) is 34.9 Å².